The van der Waals surface area contributed by atoms with E-state index in [9.17, 15) is 4.39 Å². The normalized spacial score (nSPS) is 11.8. The molecule has 0 saturated carbocycles. The van der Waals surface area contributed by atoms with Crippen molar-refractivity contribution in [2.24, 2.45) is 9.98 Å². The SMILES string of the molecule is CC(=Nc1ccccc1C)c1cccc(C(C)=Nc2cccc(F)c2C)n1.[Cl][Fe][Cl]. The minimum atomic E-state index is -0.257. The molecule has 3 aromatic rings. The number of pyridine rings is 1. The third-order valence-corrected chi connectivity index (χ3v) is 4.42. The van der Waals surface area contributed by atoms with Crippen LogP contribution in [0.25, 0.3) is 0 Å². The van der Waals surface area contributed by atoms with Crippen LogP contribution in [0.4, 0.5) is 15.8 Å². The van der Waals surface area contributed by atoms with Crippen LogP contribution in [0.15, 0.2) is 70.6 Å². The Kier molecular flexibility index (Phi) is 9.67. The van der Waals surface area contributed by atoms with Gasteiger partial charge >= 0.3 is 33.3 Å². The Morgan fingerprint density at radius 2 is 1.30 bits per heavy atom. The Balaban J connectivity index is 0.00000101. The molecule has 0 N–H and O–H groups in total. The van der Waals surface area contributed by atoms with Crippen molar-refractivity contribution < 1.29 is 17.5 Å². The molecule has 2 aromatic carbocycles. The first-order chi connectivity index (χ1) is 14.4. The molecule has 0 saturated heterocycles. The average Bonchev–Trinajstić information content (AvgIpc) is 2.73. The third kappa shape index (κ3) is 6.75. The molecule has 0 amide bonds. The molecule has 0 radical (unpaired) electrons. The van der Waals surface area contributed by atoms with Gasteiger partial charge in [0.2, 0.25) is 0 Å². The topological polar surface area (TPSA) is 37.6 Å². The van der Waals surface area contributed by atoms with Crippen molar-refractivity contribution in [1.29, 1.82) is 0 Å². The molecule has 30 heavy (non-hydrogen) atoms. The Morgan fingerprint density at radius 3 is 1.90 bits per heavy atom. The van der Waals surface area contributed by atoms with E-state index >= 15 is 0 Å². The van der Waals surface area contributed by atoms with Gasteiger partial charge in [-0.05, 0) is 63.6 Å². The number of benzene rings is 2. The summed E-state index contributed by atoms with van der Waals surface area (Å²) in [5.74, 6) is -0.257. The van der Waals surface area contributed by atoms with Crippen molar-refractivity contribution in [3.05, 3.63) is 89.0 Å². The van der Waals surface area contributed by atoms with Gasteiger partial charge in [0.15, 0.2) is 0 Å². The molecule has 7 heteroatoms. The molecule has 3 nitrogen and oxygen atoms in total. The molecule has 158 valence electrons. The summed E-state index contributed by atoms with van der Waals surface area (Å²) in [4.78, 5) is 14.0. The summed E-state index contributed by atoms with van der Waals surface area (Å²) in [5.41, 5.74) is 6.30. The molecule has 3 rings (SSSR count). The van der Waals surface area contributed by atoms with Gasteiger partial charge in [-0.25, -0.2) is 9.37 Å². The van der Waals surface area contributed by atoms with E-state index < -0.39 is 0 Å². The number of hydrogen-bond acceptors (Lipinski definition) is 3. The van der Waals surface area contributed by atoms with Crippen LogP contribution in [0.2, 0.25) is 0 Å². The summed E-state index contributed by atoms with van der Waals surface area (Å²) in [6.07, 6.45) is 0. The van der Waals surface area contributed by atoms with Crippen molar-refractivity contribution in [2.45, 2.75) is 27.7 Å². The number of nitrogens with zero attached hydrogens (tertiary/aromatic N) is 3. The summed E-state index contributed by atoms with van der Waals surface area (Å²) in [6, 6.07) is 18.7. The fourth-order valence-electron chi connectivity index (χ4n) is 2.72. The van der Waals surface area contributed by atoms with Crippen molar-refractivity contribution in [3.8, 4) is 0 Å². The van der Waals surface area contributed by atoms with Crippen LogP contribution in [0.3, 0.4) is 0 Å². The molecule has 0 aliphatic carbocycles. The number of aryl methyl sites for hydroxylation is 1. The second-order valence-electron chi connectivity index (χ2n) is 6.52. The van der Waals surface area contributed by atoms with Gasteiger partial charge in [-0.3, -0.25) is 9.98 Å². The van der Waals surface area contributed by atoms with E-state index in [-0.39, 0.29) is 19.0 Å². The average molecular weight is 486 g/mol. The number of aliphatic imine (C=N–C) groups is 2. The van der Waals surface area contributed by atoms with Crippen molar-refractivity contribution >= 4 is 43.0 Å². The van der Waals surface area contributed by atoms with E-state index in [0.717, 1.165) is 34.1 Å². The summed E-state index contributed by atoms with van der Waals surface area (Å²) >= 11 is 0.194. The van der Waals surface area contributed by atoms with Gasteiger partial charge in [0.1, 0.15) is 5.82 Å². The van der Waals surface area contributed by atoms with Crippen LogP contribution in [0.5, 0.6) is 0 Å². The standard InChI is InChI=1S/C23H22FN3.2ClH.Fe/c1-15-9-5-6-11-20(15)25-17(3)22-13-8-14-23(27-22)18(4)26-21-12-7-10-19(24)16(21)2;;;/h5-14H,1-4H3;2*1H;/q;;;+2/p-2. The molecule has 0 atom stereocenters. The zero-order chi connectivity index (χ0) is 22.1. The van der Waals surface area contributed by atoms with Gasteiger partial charge in [0.25, 0.3) is 0 Å². The predicted octanol–water partition coefficient (Wildman–Crippen LogP) is 7.50. The summed E-state index contributed by atoms with van der Waals surface area (Å²) < 4.78 is 13.7. The quantitative estimate of drug-likeness (QED) is 0.278. The molecule has 0 spiro atoms. The molecular weight excluding hydrogens is 464 g/mol. The molecule has 1 heterocycles. The van der Waals surface area contributed by atoms with E-state index in [1.807, 2.05) is 63.2 Å². The van der Waals surface area contributed by atoms with Gasteiger partial charge in [0.05, 0.1) is 34.2 Å². The van der Waals surface area contributed by atoms with Crippen molar-refractivity contribution in [1.82, 2.24) is 4.98 Å². The Hall–Kier alpha value is -2.04. The summed E-state index contributed by atoms with van der Waals surface area (Å²) in [5, 5.41) is 0. The predicted molar refractivity (Wildman–Crippen MR) is 122 cm³/mol. The second-order valence-corrected chi connectivity index (χ2v) is 8.35. The van der Waals surface area contributed by atoms with Crippen LogP contribution in [0.1, 0.15) is 36.4 Å². The molecule has 0 fully saturated rings. The number of halogens is 3. The third-order valence-electron chi connectivity index (χ3n) is 4.42. The van der Waals surface area contributed by atoms with Gasteiger partial charge < -0.3 is 0 Å². The van der Waals surface area contributed by atoms with Crippen LogP contribution >= 0.6 is 20.2 Å². The Bertz CT molecular complexity index is 1070. The number of rotatable bonds is 4. The summed E-state index contributed by atoms with van der Waals surface area (Å²) in [7, 11) is 9.53. The van der Waals surface area contributed by atoms with Crippen LogP contribution in [0, 0.1) is 19.7 Å². The summed E-state index contributed by atoms with van der Waals surface area (Å²) in [6.45, 7) is 7.59. The van der Waals surface area contributed by atoms with Crippen LogP contribution in [-0.4, -0.2) is 16.4 Å². The van der Waals surface area contributed by atoms with Gasteiger partial charge in [-0.2, -0.15) is 0 Å². The van der Waals surface area contributed by atoms with Gasteiger partial charge in [-0.15, -0.1) is 0 Å². The second kappa shape index (κ2) is 12.0. The molecule has 0 unspecified atom stereocenters. The molecule has 0 bridgehead atoms. The molecule has 1 aromatic heterocycles. The van der Waals surface area contributed by atoms with E-state index in [1.165, 1.54) is 6.07 Å². The zero-order valence-electron chi connectivity index (χ0n) is 17.1. The van der Waals surface area contributed by atoms with E-state index in [2.05, 4.69) is 4.99 Å². The van der Waals surface area contributed by atoms with Crippen LogP contribution < -0.4 is 0 Å². The first-order valence-corrected chi connectivity index (χ1v) is 12.2. The maximum atomic E-state index is 13.7. The number of aromatic nitrogens is 1. The molecule has 0 aliphatic rings. The van der Waals surface area contributed by atoms with Crippen molar-refractivity contribution in [3.63, 3.8) is 0 Å². The number of hydrogen-bond donors (Lipinski definition) is 0. The fourth-order valence-corrected chi connectivity index (χ4v) is 2.72. The first kappa shape index (κ1) is 24.2. The van der Waals surface area contributed by atoms with Crippen LogP contribution in [-0.2, 0) is 13.1 Å². The van der Waals surface area contributed by atoms with Gasteiger partial charge in [0, 0.05) is 5.56 Å². The zero-order valence-corrected chi connectivity index (χ0v) is 19.7. The number of para-hydroxylation sites is 1. The minimum absolute atomic E-state index is 0.194. The maximum absolute atomic E-state index is 13.7. The van der Waals surface area contributed by atoms with Crippen molar-refractivity contribution in [2.75, 3.05) is 0 Å². The molecular formula is C23H22Cl2FFeN3. The van der Waals surface area contributed by atoms with E-state index in [4.69, 9.17) is 30.2 Å². The molecule has 0 aliphatic heterocycles. The van der Waals surface area contributed by atoms with E-state index in [0.29, 0.717) is 11.3 Å². The fraction of sp³-hybridized carbons (Fsp3) is 0.174. The Morgan fingerprint density at radius 1 is 0.800 bits per heavy atom. The van der Waals surface area contributed by atoms with Gasteiger partial charge in [-0.1, -0.05) is 30.3 Å². The monoisotopic (exact) mass is 485 g/mol. The Labute approximate surface area is 191 Å². The van der Waals surface area contributed by atoms with E-state index in [1.54, 1.807) is 19.1 Å². The first-order valence-electron chi connectivity index (χ1n) is 9.11.